The van der Waals surface area contributed by atoms with Crippen LogP contribution in [-0.4, -0.2) is 127 Å². The van der Waals surface area contributed by atoms with E-state index < -0.39 is 0 Å². The van der Waals surface area contributed by atoms with Crippen molar-refractivity contribution >= 4 is 61.1 Å². The second kappa shape index (κ2) is 448. The Balaban J connectivity index is -0.0000000115. The van der Waals surface area contributed by atoms with Gasteiger partial charge in [-0.1, -0.05) is 136 Å². The van der Waals surface area contributed by atoms with E-state index in [4.69, 9.17) is 53.0 Å². The van der Waals surface area contributed by atoms with Crippen molar-refractivity contribution in [3.8, 4) is 0 Å². The van der Waals surface area contributed by atoms with Crippen molar-refractivity contribution in [2.24, 2.45) is 58.1 Å². The van der Waals surface area contributed by atoms with Crippen LogP contribution in [0.3, 0.4) is 0 Å². The summed E-state index contributed by atoms with van der Waals surface area (Å²) in [5.41, 5.74) is 27.1. The Kier molecular flexibility index (Phi) is 1150. The van der Waals surface area contributed by atoms with Gasteiger partial charge in [0.25, 0.3) is 0 Å². The molecule has 0 saturated carbocycles. The predicted molar refractivity (Wildman–Crippen MR) is 312 cm³/mol. The van der Waals surface area contributed by atoms with Crippen LogP contribution in [0.15, 0.2) is 0 Å². The van der Waals surface area contributed by atoms with E-state index in [-0.39, 0.29) is 30.2 Å². The van der Waals surface area contributed by atoms with Crippen LogP contribution in [0.1, 0.15) is 178 Å². The van der Waals surface area contributed by atoms with Crippen molar-refractivity contribution in [1.29, 1.82) is 0 Å². The highest BCUT2D eigenvalue weighted by molar-refractivity contribution is 5.12. The van der Waals surface area contributed by atoms with Crippen molar-refractivity contribution in [2.75, 3.05) is 48.9 Å². The van der Waals surface area contributed by atoms with Gasteiger partial charge in [0.1, 0.15) is 61.1 Å². The third kappa shape index (κ3) is 3220. The van der Waals surface area contributed by atoms with Gasteiger partial charge in [-0.25, -0.2) is 0 Å². The van der Waals surface area contributed by atoms with E-state index >= 15 is 0 Å². The van der Waals surface area contributed by atoms with E-state index in [2.05, 4.69) is 138 Å². The quantitative estimate of drug-likeness (QED) is 0.123. The van der Waals surface area contributed by atoms with Gasteiger partial charge in [-0.05, 0) is 108 Å². The van der Waals surface area contributed by atoms with Crippen LogP contribution in [0.2, 0.25) is 0 Å². The van der Waals surface area contributed by atoms with Crippen molar-refractivity contribution < 1.29 is 53.0 Å². The van der Waals surface area contributed by atoms with Crippen molar-refractivity contribution in [2.45, 2.75) is 190 Å². The fourth-order valence-corrected chi connectivity index (χ4v) is 0.433. The van der Waals surface area contributed by atoms with Crippen molar-refractivity contribution in [1.82, 2.24) is 18.5 Å². The molecule has 0 aliphatic heterocycles. The number of carbonyl (C=O) groups is 9. The first-order valence-electron chi connectivity index (χ1n) is 21.3. The maximum Gasteiger partial charge on any atom is 0.106 e. The molecule has 0 unspecified atom stereocenters. The average molecular weight is 1020 g/mol. The molecule has 442 valence electrons. The monoisotopic (exact) mass is 1020 g/mol. The third-order valence-corrected chi connectivity index (χ3v) is 3.84. The number of hydrogen-bond acceptors (Lipinski definition) is 20. The van der Waals surface area contributed by atoms with Gasteiger partial charge in [0.15, 0.2) is 0 Å². The summed E-state index contributed by atoms with van der Waals surface area (Å²) in [6, 6.07) is 0. The van der Waals surface area contributed by atoms with Crippen molar-refractivity contribution in [3.05, 3.63) is 0 Å². The fourth-order valence-electron chi connectivity index (χ4n) is 0.433. The Morgan fingerprint density at radius 3 is 0.397 bits per heavy atom. The van der Waals surface area contributed by atoms with Crippen LogP contribution in [0, 0.1) is 23.7 Å². The lowest BCUT2D eigenvalue weighted by atomic mass is 10.2. The number of nitrogens with two attached hydrogens (primary N) is 6. The van der Waals surface area contributed by atoms with Crippen LogP contribution >= 0.6 is 0 Å². The molecule has 22 N–H and O–H groups in total. The molecule has 20 nitrogen and oxygen atoms in total. The number of carbonyl (C=O) groups excluding carboxylic acids is 9. The summed E-state index contributed by atoms with van der Waals surface area (Å²) in [6.45, 7) is 65.0. The molecule has 0 atom stereocenters. The van der Waals surface area contributed by atoms with Gasteiger partial charge >= 0.3 is 0 Å². The number of aliphatic hydroxyl groups excluding tert-OH is 1. The predicted octanol–water partition coefficient (Wildman–Crippen LogP) is 8.74. The van der Waals surface area contributed by atoms with Gasteiger partial charge < -0.3 is 106 Å². The summed E-state index contributed by atoms with van der Waals surface area (Å²) in [5.74, 6) is 3.54. The van der Waals surface area contributed by atoms with Crippen LogP contribution in [-0.2, 0) is 47.9 Å². The van der Waals surface area contributed by atoms with Gasteiger partial charge in [0.2, 0.25) is 0 Å². The van der Waals surface area contributed by atoms with Crippen LogP contribution < -0.4 is 52.9 Å². The molecule has 20 heteroatoms. The standard InChI is InChI=1S/C6H14O.4C5H12.C3H8O.2C2H6.6CH5N.9CH2O.3H3N/c1-5-7-6(2,3)4;4*1-4-5(2)3;1-3(2)4;17*1-2;;;/h5H2,1-4H3;4*5H,4H2,1-3H3;3-4H,1-2H3;2*1-2H3;6*2H2,1H3;9*1H2;3*1H3. The molecule has 0 radical (unpaired) electrons. The highest BCUT2D eigenvalue weighted by Crippen LogP contribution is 2.04. The molecule has 0 spiro atoms. The Morgan fingerprint density at radius 1 is 0.338 bits per heavy atom. The number of ether oxygens (including phenoxy) is 1. The molecular formula is C48H139N9O11. The maximum atomic E-state index is 8.06. The molecule has 0 fully saturated rings. The van der Waals surface area contributed by atoms with E-state index in [1.54, 1.807) is 13.8 Å². The first-order chi connectivity index (χ1) is 30.9. The number of hydrogen-bond donors (Lipinski definition) is 10. The summed E-state index contributed by atoms with van der Waals surface area (Å²) in [4.78, 5) is 72.0. The molecule has 0 rings (SSSR count). The molecule has 0 aliphatic rings. The first kappa shape index (κ1) is 175. The molecule has 68 heavy (non-hydrogen) atoms. The highest BCUT2D eigenvalue weighted by atomic mass is 16.5. The minimum atomic E-state index is -0.167. The first-order valence-corrected chi connectivity index (χ1v) is 21.3. The zero-order valence-corrected chi connectivity index (χ0v) is 51.4. The summed E-state index contributed by atoms with van der Waals surface area (Å²) in [7, 11) is 9.00. The Morgan fingerprint density at radius 2 is 0.397 bits per heavy atom. The lowest BCUT2D eigenvalue weighted by Gasteiger charge is -2.17. The second-order valence-electron chi connectivity index (χ2n) is 10.8. The van der Waals surface area contributed by atoms with Gasteiger partial charge in [-0.15, -0.1) is 0 Å². The lowest BCUT2D eigenvalue weighted by molar-refractivity contribution is -0.0987. The summed E-state index contributed by atoms with van der Waals surface area (Å²) >= 11 is 0. The highest BCUT2D eigenvalue weighted by Gasteiger charge is 2.06. The zero-order valence-electron chi connectivity index (χ0n) is 51.4. The molecule has 0 heterocycles. The molecule has 0 bridgehead atoms. The molecule has 0 aromatic heterocycles. The molecule has 0 amide bonds. The van der Waals surface area contributed by atoms with Gasteiger partial charge in [-0.2, -0.15) is 0 Å². The molecule has 0 aliphatic carbocycles. The maximum absolute atomic E-state index is 8.06. The topological polar surface area (TPSA) is 444 Å². The zero-order chi connectivity index (χ0) is 60.6. The van der Waals surface area contributed by atoms with Crippen LogP contribution in [0.4, 0.5) is 0 Å². The Hall–Kier alpha value is -3.41. The molecule has 0 aromatic rings. The van der Waals surface area contributed by atoms with E-state index in [0.717, 1.165) is 30.3 Å². The fraction of sp³-hybridized carbons (Fsp3) is 0.812. The minimum Gasteiger partial charge on any atom is -0.394 e. The largest absolute Gasteiger partial charge is 0.394 e. The van der Waals surface area contributed by atoms with Gasteiger partial charge in [0, 0.05) is 12.7 Å². The van der Waals surface area contributed by atoms with Crippen molar-refractivity contribution in [3.63, 3.8) is 0 Å². The van der Waals surface area contributed by atoms with E-state index in [1.165, 1.54) is 68.0 Å². The normalized spacial score (nSPS) is 5.82. The smallest absolute Gasteiger partial charge is 0.106 e. The third-order valence-electron chi connectivity index (χ3n) is 3.84. The summed E-state index contributed by atoms with van der Waals surface area (Å²) < 4.78 is 5.23. The van der Waals surface area contributed by atoms with E-state index in [1.807, 2.05) is 95.7 Å². The van der Waals surface area contributed by atoms with Crippen LogP contribution in [0.25, 0.3) is 0 Å². The summed E-state index contributed by atoms with van der Waals surface area (Å²) in [6.07, 6.45) is 5.06. The van der Waals surface area contributed by atoms with E-state index in [0.29, 0.717) is 0 Å². The number of aliphatic hydroxyl groups is 1. The summed E-state index contributed by atoms with van der Waals surface area (Å²) in [5, 5.41) is 8.06. The Labute approximate surface area is 428 Å². The minimum absolute atomic E-state index is 0. The second-order valence-corrected chi connectivity index (χ2v) is 10.8. The van der Waals surface area contributed by atoms with Gasteiger partial charge in [-0.3, -0.25) is 0 Å². The molecule has 0 aromatic carbocycles. The molecule has 0 saturated heterocycles. The van der Waals surface area contributed by atoms with Gasteiger partial charge in [0.05, 0.1) is 5.60 Å². The van der Waals surface area contributed by atoms with Crippen LogP contribution in [0.5, 0.6) is 0 Å². The van der Waals surface area contributed by atoms with E-state index in [9.17, 15) is 0 Å². The lowest BCUT2D eigenvalue weighted by Crippen LogP contribution is -2.18. The molecular weight excluding hydrogens is 879 g/mol. The number of rotatable bonds is 5. The average Bonchev–Trinajstić information content (AvgIpc) is 3.39. The SMILES string of the molecule is C=O.C=O.C=O.C=O.C=O.C=O.C=O.C=O.C=O.CC.CC.CC(C)O.CCC(C)C.CCC(C)C.CCC(C)C.CCC(C)C.CCOC(C)(C)C.CN.CN.CN.CN.CN.CN.N.N.N. The Bertz CT molecular complexity index is 369.